The van der Waals surface area contributed by atoms with Crippen molar-refractivity contribution in [3.8, 4) is 0 Å². The van der Waals surface area contributed by atoms with Crippen molar-refractivity contribution < 1.29 is 19.4 Å². The topological polar surface area (TPSA) is 73.9 Å². The van der Waals surface area contributed by atoms with Gasteiger partial charge in [0, 0.05) is 25.3 Å². The highest BCUT2D eigenvalue weighted by atomic mass is 16.4. The molecule has 0 bridgehead atoms. The first-order chi connectivity index (χ1) is 8.10. The van der Waals surface area contributed by atoms with E-state index in [1.165, 1.54) is 0 Å². The van der Waals surface area contributed by atoms with Crippen LogP contribution in [0, 0.1) is 12.8 Å². The van der Waals surface area contributed by atoms with Crippen molar-refractivity contribution in [2.45, 2.75) is 19.9 Å². The summed E-state index contributed by atoms with van der Waals surface area (Å²) in [5.41, 5.74) is 0.918. The Labute approximate surface area is 99.6 Å². The number of hydrogen-bond acceptors (Lipinski definition) is 4. The summed E-state index contributed by atoms with van der Waals surface area (Å²) in [4.78, 5) is 13.0. The van der Waals surface area contributed by atoms with E-state index < -0.39 is 5.97 Å². The number of hydrogen-bond donors (Lipinski definition) is 2. The van der Waals surface area contributed by atoms with E-state index in [9.17, 15) is 4.79 Å². The first-order valence-electron chi connectivity index (χ1n) is 5.76. The molecule has 1 unspecified atom stereocenters. The van der Waals surface area contributed by atoms with E-state index >= 15 is 0 Å². The molecule has 2 rings (SSSR count). The van der Waals surface area contributed by atoms with Gasteiger partial charge < -0.3 is 14.6 Å². The number of nitrogens with zero attached hydrogens (tertiary/aromatic N) is 1. The van der Waals surface area contributed by atoms with Crippen molar-refractivity contribution in [3.05, 3.63) is 23.2 Å². The van der Waals surface area contributed by atoms with Gasteiger partial charge in [-0.05, 0) is 31.9 Å². The Hall–Kier alpha value is -1.33. The summed E-state index contributed by atoms with van der Waals surface area (Å²) in [6, 6.07) is 1.59. The Morgan fingerprint density at radius 1 is 1.65 bits per heavy atom. The van der Waals surface area contributed by atoms with Crippen molar-refractivity contribution in [2.75, 3.05) is 19.7 Å². The highest BCUT2D eigenvalue weighted by Gasteiger charge is 2.23. The van der Waals surface area contributed by atoms with E-state index in [4.69, 9.17) is 14.6 Å². The highest BCUT2D eigenvalue weighted by molar-refractivity contribution is 5.84. The number of carboxylic acid groups (broad SMARTS) is 1. The lowest BCUT2D eigenvalue weighted by Gasteiger charge is -2.14. The Morgan fingerprint density at radius 3 is 2.94 bits per heavy atom. The van der Waals surface area contributed by atoms with Crippen LogP contribution >= 0.6 is 0 Å². The van der Waals surface area contributed by atoms with Gasteiger partial charge in [-0.3, -0.25) is 4.90 Å². The molecular weight excluding hydrogens is 222 g/mol. The molecule has 0 saturated carbocycles. The molecule has 94 valence electrons. The maximum Gasteiger partial charge on any atom is 0.371 e. The van der Waals surface area contributed by atoms with Crippen LogP contribution in [0.5, 0.6) is 0 Å². The van der Waals surface area contributed by atoms with Gasteiger partial charge in [-0.2, -0.15) is 0 Å². The van der Waals surface area contributed by atoms with E-state index in [-0.39, 0.29) is 12.4 Å². The Balaban J connectivity index is 2.01. The van der Waals surface area contributed by atoms with Gasteiger partial charge in [0.25, 0.3) is 0 Å². The predicted molar refractivity (Wildman–Crippen MR) is 60.9 cm³/mol. The van der Waals surface area contributed by atoms with Gasteiger partial charge in [-0.15, -0.1) is 0 Å². The fourth-order valence-corrected chi connectivity index (χ4v) is 2.23. The average Bonchev–Trinajstić information content (AvgIpc) is 2.87. The molecule has 5 heteroatoms. The SMILES string of the molecule is Cc1oc(C(=O)O)cc1CN1CCC(CO)C1. The fourth-order valence-electron chi connectivity index (χ4n) is 2.23. The summed E-state index contributed by atoms with van der Waals surface area (Å²) >= 11 is 0. The Kier molecular flexibility index (Phi) is 3.49. The van der Waals surface area contributed by atoms with Crippen LogP contribution in [0.1, 0.15) is 28.3 Å². The van der Waals surface area contributed by atoms with Crippen LogP contribution in [0.2, 0.25) is 0 Å². The summed E-state index contributed by atoms with van der Waals surface area (Å²) in [5.74, 6) is -0.0274. The van der Waals surface area contributed by atoms with Crippen LogP contribution < -0.4 is 0 Å². The third-order valence-electron chi connectivity index (χ3n) is 3.25. The zero-order valence-corrected chi connectivity index (χ0v) is 9.85. The van der Waals surface area contributed by atoms with E-state index in [0.29, 0.717) is 18.2 Å². The van der Waals surface area contributed by atoms with Crippen LogP contribution in [0.4, 0.5) is 0 Å². The molecule has 1 aliphatic heterocycles. The smallest absolute Gasteiger partial charge is 0.371 e. The van der Waals surface area contributed by atoms with Gasteiger partial charge in [0.05, 0.1) is 0 Å². The molecule has 0 aliphatic carbocycles. The monoisotopic (exact) mass is 239 g/mol. The van der Waals surface area contributed by atoms with Crippen molar-refractivity contribution in [3.63, 3.8) is 0 Å². The molecule has 1 atom stereocenters. The zero-order chi connectivity index (χ0) is 12.4. The minimum Gasteiger partial charge on any atom is -0.475 e. The van der Waals surface area contributed by atoms with Crippen molar-refractivity contribution in [1.82, 2.24) is 4.90 Å². The molecule has 0 amide bonds. The maximum absolute atomic E-state index is 10.8. The minimum absolute atomic E-state index is 0.00425. The fraction of sp³-hybridized carbons (Fsp3) is 0.583. The molecular formula is C12H17NO4. The summed E-state index contributed by atoms with van der Waals surface area (Å²) in [7, 11) is 0. The molecule has 1 saturated heterocycles. The molecule has 0 radical (unpaired) electrons. The molecule has 17 heavy (non-hydrogen) atoms. The molecule has 1 aromatic heterocycles. The van der Waals surface area contributed by atoms with Gasteiger partial charge in [-0.25, -0.2) is 4.79 Å². The molecule has 2 N–H and O–H groups in total. The van der Waals surface area contributed by atoms with E-state index in [1.807, 2.05) is 0 Å². The first kappa shape index (κ1) is 12.1. The van der Waals surface area contributed by atoms with Gasteiger partial charge in [0.15, 0.2) is 0 Å². The molecule has 1 aromatic rings. The number of aryl methyl sites for hydroxylation is 1. The van der Waals surface area contributed by atoms with E-state index in [0.717, 1.165) is 25.1 Å². The predicted octanol–water partition coefficient (Wildman–Crippen LogP) is 1.10. The van der Waals surface area contributed by atoms with Gasteiger partial charge in [0.2, 0.25) is 5.76 Å². The minimum atomic E-state index is -1.03. The number of carboxylic acids is 1. The van der Waals surface area contributed by atoms with E-state index in [1.54, 1.807) is 13.0 Å². The van der Waals surface area contributed by atoms with Crippen LogP contribution in [-0.4, -0.2) is 40.8 Å². The molecule has 0 aromatic carbocycles. The largest absolute Gasteiger partial charge is 0.475 e. The van der Waals surface area contributed by atoms with Crippen molar-refractivity contribution in [1.29, 1.82) is 0 Å². The molecule has 2 heterocycles. The van der Waals surface area contributed by atoms with Gasteiger partial charge in [-0.1, -0.05) is 0 Å². The zero-order valence-electron chi connectivity index (χ0n) is 9.85. The Morgan fingerprint density at radius 2 is 2.41 bits per heavy atom. The molecule has 0 spiro atoms. The number of aliphatic hydroxyl groups is 1. The normalized spacial score (nSPS) is 20.9. The van der Waals surface area contributed by atoms with Gasteiger partial charge in [0.1, 0.15) is 5.76 Å². The van der Waals surface area contributed by atoms with Crippen molar-refractivity contribution in [2.24, 2.45) is 5.92 Å². The summed E-state index contributed by atoms with van der Waals surface area (Å²) in [5, 5.41) is 17.9. The lowest BCUT2D eigenvalue weighted by molar-refractivity contribution is 0.0661. The standard InChI is InChI=1S/C12H17NO4/c1-8-10(4-11(17-8)12(15)16)6-13-3-2-9(5-13)7-14/h4,9,14H,2-3,5-7H2,1H3,(H,15,16). The quantitative estimate of drug-likeness (QED) is 0.823. The first-order valence-corrected chi connectivity index (χ1v) is 5.76. The second kappa shape index (κ2) is 4.89. The molecule has 5 nitrogen and oxygen atoms in total. The summed E-state index contributed by atoms with van der Waals surface area (Å²) in [6.07, 6.45) is 0.999. The number of carbonyl (C=O) groups is 1. The Bertz CT molecular complexity index is 413. The number of aromatic carboxylic acids is 1. The summed E-state index contributed by atoms with van der Waals surface area (Å²) < 4.78 is 5.16. The molecule has 1 fully saturated rings. The average molecular weight is 239 g/mol. The lowest BCUT2D eigenvalue weighted by atomic mass is 10.1. The summed E-state index contributed by atoms with van der Waals surface area (Å²) in [6.45, 7) is 4.50. The highest BCUT2D eigenvalue weighted by Crippen LogP contribution is 2.21. The number of furan rings is 1. The third-order valence-corrected chi connectivity index (χ3v) is 3.25. The second-order valence-corrected chi connectivity index (χ2v) is 4.57. The van der Waals surface area contributed by atoms with Gasteiger partial charge >= 0.3 is 5.97 Å². The second-order valence-electron chi connectivity index (χ2n) is 4.57. The molecule has 1 aliphatic rings. The maximum atomic E-state index is 10.8. The number of likely N-dealkylation sites (tertiary alicyclic amines) is 1. The van der Waals surface area contributed by atoms with Crippen LogP contribution in [0.15, 0.2) is 10.5 Å². The van der Waals surface area contributed by atoms with E-state index in [2.05, 4.69) is 4.90 Å². The lowest BCUT2D eigenvalue weighted by Crippen LogP contribution is -2.21. The number of rotatable bonds is 4. The van der Waals surface area contributed by atoms with Crippen molar-refractivity contribution >= 4 is 5.97 Å². The van der Waals surface area contributed by atoms with Crippen LogP contribution in [-0.2, 0) is 6.54 Å². The van der Waals surface area contributed by atoms with Crippen LogP contribution in [0.25, 0.3) is 0 Å². The van der Waals surface area contributed by atoms with Crippen LogP contribution in [0.3, 0.4) is 0 Å². The number of aliphatic hydroxyl groups excluding tert-OH is 1. The third kappa shape index (κ3) is 2.68.